The molecule has 2 aromatic carbocycles. The van der Waals surface area contributed by atoms with Gasteiger partial charge in [0.05, 0.1) is 31.3 Å². The molecule has 0 aliphatic rings. The van der Waals surface area contributed by atoms with Gasteiger partial charge in [-0.25, -0.2) is 8.42 Å². The molecule has 0 aliphatic carbocycles. The molecule has 0 N–H and O–H groups in total. The number of nitrogens with zero attached hydrogens (tertiary/aromatic N) is 4. The van der Waals surface area contributed by atoms with E-state index in [-0.39, 0.29) is 17.0 Å². The standard InChI is InChI=1S/C21H26N4O4S/c1-17(29-16-18-11-13-20(28-2)14-12-18)8-6-7-15-30(26,27)21-22-23-24-25(21)19-9-4-3-5-10-19/h3-5,9-14,17H,6-8,15-16H2,1-2H3/t17-/m0/s1. The van der Waals surface area contributed by atoms with Gasteiger partial charge in [0.15, 0.2) is 0 Å². The Balaban J connectivity index is 1.45. The summed E-state index contributed by atoms with van der Waals surface area (Å²) in [5, 5.41) is 11.0. The molecule has 0 bridgehead atoms. The molecule has 30 heavy (non-hydrogen) atoms. The van der Waals surface area contributed by atoms with Crippen molar-refractivity contribution in [3.63, 3.8) is 0 Å². The van der Waals surface area contributed by atoms with Crippen LogP contribution >= 0.6 is 0 Å². The number of hydrogen-bond donors (Lipinski definition) is 0. The molecular weight excluding hydrogens is 404 g/mol. The maximum atomic E-state index is 12.7. The van der Waals surface area contributed by atoms with Crippen LogP contribution in [-0.4, -0.2) is 47.6 Å². The molecule has 0 radical (unpaired) electrons. The molecular formula is C21H26N4O4S. The predicted molar refractivity (Wildman–Crippen MR) is 112 cm³/mol. The SMILES string of the molecule is COc1ccc(CO[C@@H](C)CCCCS(=O)(=O)c2nnnn2-c2ccccc2)cc1. The minimum Gasteiger partial charge on any atom is -0.497 e. The number of rotatable bonds is 11. The van der Waals surface area contributed by atoms with Crippen LogP contribution in [0.1, 0.15) is 31.7 Å². The van der Waals surface area contributed by atoms with Gasteiger partial charge >= 0.3 is 0 Å². The van der Waals surface area contributed by atoms with Gasteiger partial charge in [0, 0.05) is 0 Å². The highest BCUT2D eigenvalue weighted by Gasteiger charge is 2.23. The second-order valence-electron chi connectivity index (χ2n) is 6.99. The van der Waals surface area contributed by atoms with Crippen LogP contribution in [-0.2, 0) is 21.2 Å². The van der Waals surface area contributed by atoms with Gasteiger partial charge in [0.1, 0.15) is 5.75 Å². The Hall–Kier alpha value is -2.78. The highest BCUT2D eigenvalue weighted by Crippen LogP contribution is 2.16. The van der Waals surface area contributed by atoms with E-state index in [0.29, 0.717) is 18.7 Å². The Kier molecular flexibility index (Phi) is 7.53. The van der Waals surface area contributed by atoms with E-state index in [0.717, 1.165) is 24.2 Å². The number of sulfone groups is 1. The Morgan fingerprint density at radius 3 is 2.47 bits per heavy atom. The summed E-state index contributed by atoms with van der Waals surface area (Å²) >= 11 is 0. The number of tetrazole rings is 1. The average Bonchev–Trinajstić information content (AvgIpc) is 3.27. The Labute approximate surface area is 176 Å². The summed E-state index contributed by atoms with van der Waals surface area (Å²) in [5.41, 5.74) is 1.68. The number of para-hydroxylation sites is 1. The molecule has 160 valence electrons. The molecule has 8 nitrogen and oxygen atoms in total. The van der Waals surface area contributed by atoms with Gasteiger partial charge in [-0.2, -0.15) is 4.68 Å². The monoisotopic (exact) mass is 430 g/mol. The minimum absolute atomic E-state index is 0.00853. The van der Waals surface area contributed by atoms with Crippen molar-refractivity contribution in [2.45, 2.75) is 44.1 Å². The van der Waals surface area contributed by atoms with Crippen molar-refractivity contribution in [1.82, 2.24) is 20.2 Å². The van der Waals surface area contributed by atoms with Crippen molar-refractivity contribution in [1.29, 1.82) is 0 Å². The number of methoxy groups -OCH3 is 1. The number of unbranched alkanes of at least 4 members (excludes halogenated alkanes) is 1. The highest BCUT2D eigenvalue weighted by molar-refractivity contribution is 7.91. The molecule has 9 heteroatoms. The van der Waals surface area contributed by atoms with Crippen LogP contribution in [0.15, 0.2) is 59.8 Å². The van der Waals surface area contributed by atoms with Gasteiger partial charge in [-0.3, -0.25) is 0 Å². The number of benzene rings is 2. The summed E-state index contributed by atoms with van der Waals surface area (Å²) in [6.45, 7) is 2.50. The second kappa shape index (κ2) is 10.3. The molecule has 3 rings (SSSR count). The normalized spacial score (nSPS) is 12.6. The predicted octanol–water partition coefficient (Wildman–Crippen LogP) is 3.22. The largest absolute Gasteiger partial charge is 0.497 e. The first-order valence-electron chi connectivity index (χ1n) is 9.80. The molecule has 0 fully saturated rings. The molecule has 0 unspecified atom stereocenters. The topological polar surface area (TPSA) is 96.2 Å². The van der Waals surface area contributed by atoms with E-state index < -0.39 is 9.84 Å². The lowest BCUT2D eigenvalue weighted by Gasteiger charge is -2.13. The lowest BCUT2D eigenvalue weighted by atomic mass is 10.2. The van der Waals surface area contributed by atoms with Crippen molar-refractivity contribution in [2.75, 3.05) is 12.9 Å². The summed E-state index contributed by atoms with van der Waals surface area (Å²) < 4.78 is 37.6. The van der Waals surface area contributed by atoms with Crippen LogP contribution in [0.4, 0.5) is 0 Å². The van der Waals surface area contributed by atoms with Crippen LogP contribution < -0.4 is 4.74 Å². The fourth-order valence-corrected chi connectivity index (χ4v) is 4.30. The van der Waals surface area contributed by atoms with Gasteiger partial charge < -0.3 is 9.47 Å². The van der Waals surface area contributed by atoms with Crippen LogP contribution in [0, 0.1) is 0 Å². The Morgan fingerprint density at radius 2 is 1.77 bits per heavy atom. The van der Waals surface area contributed by atoms with Gasteiger partial charge in [0.25, 0.3) is 5.16 Å². The third-order valence-corrected chi connectivity index (χ3v) is 6.32. The smallest absolute Gasteiger partial charge is 0.272 e. The lowest BCUT2D eigenvalue weighted by molar-refractivity contribution is 0.0462. The maximum absolute atomic E-state index is 12.7. The van der Waals surface area contributed by atoms with E-state index in [1.54, 1.807) is 31.4 Å². The van der Waals surface area contributed by atoms with E-state index >= 15 is 0 Å². The molecule has 0 aliphatic heterocycles. The van der Waals surface area contributed by atoms with Crippen molar-refractivity contribution in [2.24, 2.45) is 0 Å². The van der Waals surface area contributed by atoms with Gasteiger partial charge in [-0.1, -0.05) is 35.4 Å². The van der Waals surface area contributed by atoms with Gasteiger partial charge in [-0.05, 0) is 66.4 Å². The van der Waals surface area contributed by atoms with E-state index in [1.165, 1.54) is 4.68 Å². The average molecular weight is 431 g/mol. The molecule has 1 atom stereocenters. The molecule has 0 saturated heterocycles. The second-order valence-corrected chi connectivity index (χ2v) is 9.00. The maximum Gasteiger partial charge on any atom is 0.272 e. The van der Waals surface area contributed by atoms with Crippen molar-refractivity contribution >= 4 is 9.84 Å². The zero-order chi connectivity index (χ0) is 21.4. The Morgan fingerprint density at radius 1 is 1.03 bits per heavy atom. The van der Waals surface area contributed by atoms with Gasteiger partial charge in [-0.15, -0.1) is 0 Å². The molecule has 3 aromatic rings. The first-order chi connectivity index (χ1) is 14.5. The minimum atomic E-state index is -3.58. The van der Waals surface area contributed by atoms with E-state index in [9.17, 15) is 8.42 Å². The summed E-state index contributed by atoms with van der Waals surface area (Å²) in [5.74, 6) is 0.803. The van der Waals surface area contributed by atoms with Crippen molar-refractivity contribution in [3.8, 4) is 11.4 Å². The molecule has 1 aromatic heterocycles. The van der Waals surface area contributed by atoms with E-state index in [2.05, 4.69) is 15.5 Å². The zero-order valence-electron chi connectivity index (χ0n) is 17.1. The number of hydrogen-bond acceptors (Lipinski definition) is 7. The molecule has 1 heterocycles. The van der Waals surface area contributed by atoms with E-state index in [1.807, 2.05) is 37.3 Å². The molecule has 0 amide bonds. The third kappa shape index (κ3) is 5.87. The summed E-state index contributed by atoms with van der Waals surface area (Å²) in [7, 11) is -1.95. The third-order valence-electron chi connectivity index (χ3n) is 4.69. The van der Waals surface area contributed by atoms with Crippen LogP contribution in [0.25, 0.3) is 5.69 Å². The summed E-state index contributed by atoms with van der Waals surface area (Å²) in [6.07, 6.45) is 2.05. The van der Waals surface area contributed by atoms with Gasteiger partial charge in [0.2, 0.25) is 9.84 Å². The number of aromatic nitrogens is 4. The van der Waals surface area contributed by atoms with Crippen molar-refractivity contribution in [3.05, 3.63) is 60.2 Å². The number of ether oxygens (including phenoxy) is 2. The summed E-state index contributed by atoms with van der Waals surface area (Å²) in [4.78, 5) is 0. The van der Waals surface area contributed by atoms with Crippen LogP contribution in [0.5, 0.6) is 5.75 Å². The molecule has 0 saturated carbocycles. The van der Waals surface area contributed by atoms with Crippen LogP contribution in [0.2, 0.25) is 0 Å². The zero-order valence-corrected chi connectivity index (χ0v) is 18.0. The quantitative estimate of drug-likeness (QED) is 0.431. The first-order valence-corrected chi connectivity index (χ1v) is 11.5. The lowest BCUT2D eigenvalue weighted by Crippen LogP contribution is -2.15. The molecule has 0 spiro atoms. The fourth-order valence-electron chi connectivity index (χ4n) is 2.96. The Bertz CT molecular complexity index is 1020. The first kappa shape index (κ1) is 21.9. The van der Waals surface area contributed by atoms with Crippen molar-refractivity contribution < 1.29 is 17.9 Å². The van der Waals surface area contributed by atoms with E-state index in [4.69, 9.17) is 9.47 Å². The summed E-state index contributed by atoms with van der Waals surface area (Å²) in [6, 6.07) is 16.7. The highest BCUT2D eigenvalue weighted by atomic mass is 32.2. The fraction of sp³-hybridized carbons (Fsp3) is 0.381. The van der Waals surface area contributed by atoms with Crippen LogP contribution in [0.3, 0.4) is 0 Å².